The molecule has 126 valence electrons. The van der Waals surface area contributed by atoms with Gasteiger partial charge in [0, 0.05) is 11.0 Å². The van der Waals surface area contributed by atoms with E-state index in [4.69, 9.17) is 5.26 Å². The lowest BCUT2D eigenvalue weighted by molar-refractivity contribution is -0.679. The van der Waals surface area contributed by atoms with E-state index in [1.54, 1.807) is 40.7 Å². The molecule has 0 aliphatic carbocycles. The predicted molar refractivity (Wildman–Crippen MR) is 97.6 cm³/mol. The van der Waals surface area contributed by atoms with Gasteiger partial charge in [-0.3, -0.25) is 0 Å². The van der Waals surface area contributed by atoms with Crippen LogP contribution in [0.3, 0.4) is 0 Å². The minimum atomic E-state index is -0.278. The fourth-order valence-corrected chi connectivity index (χ4v) is 3.55. The first-order valence-corrected chi connectivity index (χ1v) is 9.02. The summed E-state index contributed by atoms with van der Waals surface area (Å²) in [4.78, 5) is 14.0. The zero-order valence-electron chi connectivity index (χ0n) is 13.8. The number of aromatic hydroxyl groups is 1. The lowest BCUT2D eigenvalue weighted by Gasteiger charge is -2.09. The Morgan fingerprint density at radius 2 is 2.12 bits per heavy atom. The third-order valence-electron chi connectivity index (χ3n) is 3.91. The number of hydrogen-bond acceptors (Lipinski definition) is 4. The van der Waals surface area contributed by atoms with E-state index in [1.165, 1.54) is 4.40 Å². The van der Waals surface area contributed by atoms with Crippen LogP contribution in [0.5, 0.6) is 5.88 Å². The van der Waals surface area contributed by atoms with Crippen molar-refractivity contribution in [1.29, 1.82) is 5.26 Å². The predicted octanol–water partition coefficient (Wildman–Crippen LogP) is 2.99. The number of aromatic nitrogens is 2. The molecular weight excluding hydrogens is 334 g/mol. The Morgan fingerprint density at radius 3 is 2.88 bits per heavy atom. The van der Waals surface area contributed by atoms with Crippen LogP contribution in [0.1, 0.15) is 13.3 Å². The highest BCUT2D eigenvalue weighted by molar-refractivity contribution is 7.99. The van der Waals surface area contributed by atoms with Gasteiger partial charge in [0.1, 0.15) is 6.54 Å². The van der Waals surface area contributed by atoms with Gasteiger partial charge < -0.3 is 5.11 Å². The van der Waals surface area contributed by atoms with Gasteiger partial charge in [-0.1, -0.05) is 25.1 Å². The van der Waals surface area contributed by atoms with Crippen LogP contribution in [0, 0.1) is 11.3 Å². The highest BCUT2D eigenvalue weighted by Crippen LogP contribution is 2.27. The lowest BCUT2D eigenvalue weighted by Crippen LogP contribution is -2.40. The number of pyridine rings is 1. The topological polar surface area (TPSA) is 69.4 Å². The van der Waals surface area contributed by atoms with Crippen molar-refractivity contribution in [1.82, 2.24) is 4.40 Å². The number of fused-ring (bicyclic) bond motifs is 1. The summed E-state index contributed by atoms with van der Waals surface area (Å²) in [6.07, 6.45) is 1.92. The van der Waals surface area contributed by atoms with E-state index < -0.39 is 0 Å². The first kappa shape index (κ1) is 17.1. The number of aryl methyl sites for hydroxylation is 1. The smallest absolute Gasteiger partial charge is 0.354 e. The van der Waals surface area contributed by atoms with Crippen molar-refractivity contribution in [2.75, 3.05) is 5.75 Å². The van der Waals surface area contributed by atoms with Crippen LogP contribution in [0.15, 0.2) is 58.4 Å². The van der Waals surface area contributed by atoms with Crippen molar-refractivity contribution in [3.8, 4) is 23.1 Å². The molecule has 0 atom stereocenters. The second-order valence-electron chi connectivity index (χ2n) is 5.45. The number of nitriles is 1. The zero-order chi connectivity index (χ0) is 17.8. The van der Waals surface area contributed by atoms with E-state index in [2.05, 4.69) is 13.0 Å². The van der Waals surface area contributed by atoms with Crippen molar-refractivity contribution in [2.24, 2.45) is 0 Å². The molecule has 0 saturated carbocycles. The first-order valence-electron chi connectivity index (χ1n) is 8.03. The second-order valence-corrected chi connectivity index (χ2v) is 6.79. The third kappa shape index (κ3) is 3.24. The average Bonchev–Trinajstić information content (AvgIpc) is 2.62. The highest BCUT2D eigenvalue weighted by atomic mass is 32.2. The maximum Gasteiger partial charge on any atom is 0.354 e. The minimum Gasteiger partial charge on any atom is -0.477 e. The Bertz CT molecular complexity index is 1020. The summed E-state index contributed by atoms with van der Waals surface area (Å²) in [5.74, 6) is 0.819. The molecule has 0 fully saturated rings. The molecule has 2 aromatic heterocycles. The SMILES string of the molecule is CCSc1cccc(-c2c(O)[n+](CCC#N)c3ccccn3c2=O)c1. The molecule has 0 aliphatic heterocycles. The molecule has 0 saturated heterocycles. The number of hydrogen-bond donors (Lipinski definition) is 1. The molecule has 1 aromatic carbocycles. The number of benzene rings is 1. The lowest BCUT2D eigenvalue weighted by atomic mass is 10.1. The average molecular weight is 352 g/mol. The van der Waals surface area contributed by atoms with Gasteiger partial charge in [0.2, 0.25) is 0 Å². The number of rotatable bonds is 5. The molecule has 0 bridgehead atoms. The van der Waals surface area contributed by atoms with E-state index in [1.807, 2.05) is 24.3 Å². The number of thioether (sulfide) groups is 1. The van der Waals surface area contributed by atoms with Crippen molar-refractivity contribution >= 4 is 17.4 Å². The van der Waals surface area contributed by atoms with E-state index in [-0.39, 0.29) is 23.4 Å². The molecule has 3 aromatic rings. The van der Waals surface area contributed by atoms with E-state index in [9.17, 15) is 9.90 Å². The molecule has 25 heavy (non-hydrogen) atoms. The minimum absolute atomic E-state index is 0.106. The molecule has 1 N–H and O–H groups in total. The maximum absolute atomic E-state index is 13.0. The zero-order valence-corrected chi connectivity index (χ0v) is 14.7. The molecule has 6 heteroatoms. The monoisotopic (exact) mass is 352 g/mol. The fraction of sp³-hybridized carbons (Fsp3) is 0.211. The summed E-state index contributed by atoms with van der Waals surface area (Å²) >= 11 is 1.68. The molecule has 5 nitrogen and oxygen atoms in total. The number of nitrogens with zero attached hydrogens (tertiary/aromatic N) is 3. The van der Waals surface area contributed by atoms with Crippen LogP contribution in [-0.4, -0.2) is 15.3 Å². The fourth-order valence-electron chi connectivity index (χ4n) is 2.83. The van der Waals surface area contributed by atoms with Gasteiger partial charge >= 0.3 is 5.56 Å². The van der Waals surface area contributed by atoms with Crippen LogP contribution in [-0.2, 0) is 6.54 Å². The van der Waals surface area contributed by atoms with Crippen molar-refractivity contribution < 1.29 is 9.67 Å². The molecule has 0 spiro atoms. The summed E-state index contributed by atoms with van der Waals surface area (Å²) in [7, 11) is 0. The van der Waals surface area contributed by atoms with Crippen LogP contribution >= 0.6 is 11.8 Å². The quantitative estimate of drug-likeness (QED) is 0.566. The van der Waals surface area contributed by atoms with Crippen LogP contribution in [0.25, 0.3) is 16.8 Å². The highest BCUT2D eigenvalue weighted by Gasteiger charge is 2.24. The third-order valence-corrected chi connectivity index (χ3v) is 4.78. The summed E-state index contributed by atoms with van der Waals surface area (Å²) in [5.41, 5.74) is 1.20. The van der Waals surface area contributed by atoms with Crippen molar-refractivity contribution in [3.05, 3.63) is 59.0 Å². The van der Waals surface area contributed by atoms with E-state index >= 15 is 0 Å². The van der Waals surface area contributed by atoms with Gasteiger partial charge in [-0.05, 0) is 29.5 Å². The van der Waals surface area contributed by atoms with E-state index in [0.29, 0.717) is 17.8 Å². The summed E-state index contributed by atoms with van der Waals surface area (Å²) in [6.45, 7) is 2.38. The Morgan fingerprint density at radius 1 is 1.28 bits per heavy atom. The molecule has 2 heterocycles. The van der Waals surface area contributed by atoms with Gasteiger partial charge in [0.05, 0.1) is 18.7 Å². The normalized spacial score (nSPS) is 10.7. The second kappa shape index (κ2) is 7.41. The van der Waals surface area contributed by atoms with Crippen LogP contribution < -0.4 is 10.1 Å². The molecule has 0 unspecified atom stereocenters. The molecule has 3 rings (SSSR count). The van der Waals surface area contributed by atoms with Gasteiger partial charge in [0.25, 0.3) is 11.5 Å². The van der Waals surface area contributed by atoms with Gasteiger partial charge in [-0.15, -0.1) is 11.8 Å². The molecular formula is C19H18N3O2S+. The van der Waals surface area contributed by atoms with E-state index in [0.717, 1.165) is 10.6 Å². The Labute approximate surface area is 149 Å². The van der Waals surface area contributed by atoms with Crippen molar-refractivity contribution in [2.45, 2.75) is 24.8 Å². The van der Waals surface area contributed by atoms with Gasteiger partial charge in [-0.25, -0.2) is 4.79 Å². The van der Waals surface area contributed by atoms with Crippen LogP contribution in [0.2, 0.25) is 0 Å². The maximum atomic E-state index is 13.0. The summed E-state index contributed by atoms with van der Waals surface area (Å²) in [5, 5.41) is 19.7. The summed E-state index contributed by atoms with van der Waals surface area (Å²) in [6, 6.07) is 15.0. The Kier molecular flexibility index (Phi) is 5.05. The molecule has 0 aliphatic rings. The van der Waals surface area contributed by atoms with Crippen molar-refractivity contribution in [3.63, 3.8) is 0 Å². The van der Waals surface area contributed by atoms with Crippen LogP contribution in [0.4, 0.5) is 0 Å². The standard InChI is InChI=1S/C19H17N3O2S/c1-2-25-15-8-5-7-14(13-15)17-18(23)21-11-4-3-9-16(21)22(19(17)24)12-6-10-20/h3-5,7-9,11,13H,2,6,12H2,1H3/p+1. The van der Waals surface area contributed by atoms with Gasteiger partial charge in [0.15, 0.2) is 5.56 Å². The molecule has 0 radical (unpaired) electrons. The Hall–Kier alpha value is -2.78. The van der Waals surface area contributed by atoms with Gasteiger partial charge in [-0.2, -0.15) is 14.2 Å². The largest absolute Gasteiger partial charge is 0.477 e. The molecule has 0 amide bonds. The Balaban J connectivity index is 2.30. The first-order chi connectivity index (χ1) is 12.2. The summed E-state index contributed by atoms with van der Waals surface area (Å²) < 4.78 is 3.12.